The number of anilines is 4. The molecular formula is C24H19ClN6O2. The van der Waals surface area contributed by atoms with Gasteiger partial charge in [-0.15, -0.1) is 0 Å². The highest BCUT2D eigenvalue weighted by atomic mass is 35.5. The van der Waals surface area contributed by atoms with E-state index in [0.717, 1.165) is 22.1 Å². The third kappa shape index (κ3) is 4.24. The number of hydrogen-bond donors (Lipinski definition) is 4. The Balaban J connectivity index is 1.51. The number of hydrogen-bond acceptors (Lipinski definition) is 5. The van der Waals surface area contributed by atoms with Gasteiger partial charge in [-0.1, -0.05) is 29.8 Å². The summed E-state index contributed by atoms with van der Waals surface area (Å²) in [7, 11) is 1.59. The first-order valence-electron chi connectivity index (χ1n) is 10.1. The molecule has 5 aromatic rings. The second-order valence-corrected chi connectivity index (χ2v) is 7.68. The van der Waals surface area contributed by atoms with E-state index in [4.69, 9.17) is 21.3 Å². The zero-order valence-corrected chi connectivity index (χ0v) is 18.3. The highest BCUT2D eigenvalue weighted by Gasteiger charge is 2.18. The first-order valence-corrected chi connectivity index (χ1v) is 10.5. The summed E-state index contributed by atoms with van der Waals surface area (Å²) in [6.07, 6.45) is 0. The van der Waals surface area contributed by atoms with Crippen molar-refractivity contribution in [1.82, 2.24) is 15.2 Å². The minimum Gasteiger partial charge on any atom is -0.497 e. The molecule has 5 rings (SSSR count). The summed E-state index contributed by atoms with van der Waals surface area (Å²) in [6, 6.07) is 21.6. The van der Waals surface area contributed by atoms with Gasteiger partial charge in [0.1, 0.15) is 11.6 Å². The van der Waals surface area contributed by atoms with Crippen LogP contribution < -0.4 is 20.7 Å². The Labute approximate surface area is 193 Å². The molecule has 0 aliphatic carbocycles. The summed E-state index contributed by atoms with van der Waals surface area (Å²) in [6.45, 7) is 0. The molecule has 0 unspecified atom stereocenters. The van der Waals surface area contributed by atoms with Gasteiger partial charge in [0.2, 0.25) is 0 Å². The Morgan fingerprint density at radius 2 is 1.64 bits per heavy atom. The number of fused-ring (bicyclic) bond motifs is 3. The smallest absolute Gasteiger partial charge is 0.324 e. The fraction of sp³-hybridized carbons (Fsp3) is 0.0417. The maximum Gasteiger partial charge on any atom is 0.324 e. The van der Waals surface area contributed by atoms with Gasteiger partial charge < -0.3 is 15.4 Å². The van der Waals surface area contributed by atoms with Gasteiger partial charge in [-0.3, -0.25) is 10.4 Å². The number of rotatable bonds is 5. The van der Waals surface area contributed by atoms with Crippen molar-refractivity contribution in [1.29, 1.82) is 0 Å². The standard InChI is InChI=1S/C24H19ClN6O2/c1-33-17-12-10-16(11-13-17)27-24(32)29-23-20-21(30-31-23)18-4-2-3-5-19(18)28-22(20)26-15-8-6-14(25)7-9-15/h2-13H,1H3,(H,26,28)(H3,27,29,30,31,32). The molecule has 0 atom stereocenters. The summed E-state index contributed by atoms with van der Waals surface area (Å²) in [4.78, 5) is 17.5. The van der Waals surface area contributed by atoms with Crippen LogP contribution in [0.15, 0.2) is 72.8 Å². The fourth-order valence-corrected chi connectivity index (χ4v) is 3.65. The van der Waals surface area contributed by atoms with E-state index in [2.05, 4.69) is 26.1 Å². The van der Waals surface area contributed by atoms with E-state index in [-0.39, 0.29) is 0 Å². The summed E-state index contributed by atoms with van der Waals surface area (Å²) in [5, 5.41) is 18.5. The van der Waals surface area contributed by atoms with Gasteiger partial charge in [0.15, 0.2) is 5.82 Å². The molecule has 0 saturated heterocycles. The number of methoxy groups -OCH3 is 1. The molecule has 9 heteroatoms. The van der Waals surface area contributed by atoms with Crippen molar-refractivity contribution < 1.29 is 9.53 Å². The largest absolute Gasteiger partial charge is 0.497 e. The highest BCUT2D eigenvalue weighted by molar-refractivity contribution is 6.30. The molecular weight excluding hydrogens is 440 g/mol. The van der Waals surface area contributed by atoms with Crippen molar-refractivity contribution in [3.63, 3.8) is 0 Å². The summed E-state index contributed by atoms with van der Waals surface area (Å²) >= 11 is 6.02. The van der Waals surface area contributed by atoms with Crippen LogP contribution in [0.25, 0.3) is 21.8 Å². The monoisotopic (exact) mass is 458 g/mol. The summed E-state index contributed by atoms with van der Waals surface area (Å²) in [5.41, 5.74) is 2.98. The van der Waals surface area contributed by atoms with Gasteiger partial charge in [-0.2, -0.15) is 5.10 Å². The van der Waals surface area contributed by atoms with E-state index in [0.29, 0.717) is 33.5 Å². The van der Waals surface area contributed by atoms with Crippen LogP contribution in [0.3, 0.4) is 0 Å². The van der Waals surface area contributed by atoms with Crippen LogP contribution in [-0.4, -0.2) is 28.3 Å². The Morgan fingerprint density at radius 3 is 2.39 bits per heavy atom. The number of nitrogens with zero attached hydrogens (tertiary/aromatic N) is 2. The van der Waals surface area contributed by atoms with Crippen LogP contribution in [0.4, 0.5) is 27.8 Å². The van der Waals surface area contributed by atoms with Crippen LogP contribution in [0, 0.1) is 0 Å². The molecule has 0 aliphatic rings. The number of H-pyrrole nitrogens is 1. The van der Waals surface area contributed by atoms with E-state index in [1.165, 1.54) is 0 Å². The lowest BCUT2D eigenvalue weighted by atomic mass is 10.1. The predicted octanol–water partition coefficient (Wildman–Crippen LogP) is 6.16. The fourth-order valence-electron chi connectivity index (χ4n) is 3.52. The van der Waals surface area contributed by atoms with Crippen molar-refractivity contribution in [3.8, 4) is 5.75 Å². The number of aromatic nitrogens is 3. The number of amides is 2. The van der Waals surface area contributed by atoms with Crippen LogP contribution in [0.1, 0.15) is 0 Å². The van der Waals surface area contributed by atoms with Crippen molar-refractivity contribution in [2.75, 3.05) is 23.1 Å². The lowest BCUT2D eigenvalue weighted by Crippen LogP contribution is -2.19. The molecule has 8 nitrogen and oxygen atoms in total. The van der Waals surface area contributed by atoms with Gasteiger partial charge >= 0.3 is 6.03 Å². The highest BCUT2D eigenvalue weighted by Crippen LogP contribution is 2.34. The summed E-state index contributed by atoms with van der Waals surface area (Å²) in [5.74, 6) is 1.61. The van der Waals surface area contributed by atoms with E-state index in [9.17, 15) is 4.79 Å². The first kappa shape index (κ1) is 20.6. The van der Waals surface area contributed by atoms with Gasteiger partial charge in [0, 0.05) is 21.8 Å². The van der Waals surface area contributed by atoms with Gasteiger partial charge in [-0.05, 0) is 54.6 Å². The zero-order valence-electron chi connectivity index (χ0n) is 17.5. The number of urea groups is 1. The Hall–Kier alpha value is -4.30. The number of ether oxygens (including phenoxy) is 1. The quantitative estimate of drug-likeness (QED) is 0.252. The normalized spacial score (nSPS) is 10.8. The van der Waals surface area contributed by atoms with Crippen LogP contribution in [-0.2, 0) is 0 Å². The van der Waals surface area contributed by atoms with E-state index >= 15 is 0 Å². The zero-order chi connectivity index (χ0) is 22.8. The number of benzene rings is 3. The second-order valence-electron chi connectivity index (χ2n) is 7.24. The topological polar surface area (TPSA) is 104 Å². The molecule has 0 radical (unpaired) electrons. The van der Waals surface area contributed by atoms with Crippen molar-refractivity contribution >= 4 is 62.4 Å². The molecule has 0 saturated carbocycles. The molecule has 33 heavy (non-hydrogen) atoms. The van der Waals surface area contributed by atoms with Crippen molar-refractivity contribution in [3.05, 3.63) is 77.8 Å². The molecule has 0 aliphatic heterocycles. The Morgan fingerprint density at radius 1 is 0.909 bits per heavy atom. The first-order chi connectivity index (χ1) is 16.1. The van der Waals surface area contributed by atoms with E-state index < -0.39 is 6.03 Å². The van der Waals surface area contributed by atoms with Gasteiger partial charge in [0.25, 0.3) is 0 Å². The minimum absolute atomic E-state index is 0.353. The maximum atomic E-state index is 12.7. The number of pyridine rings is 1. The number of halogens is 1. The molecule has 2 aromatic heterocycles. The minimum atomic E-state index is -0.431. The molecule has 0 bridgehead atoms. The maximum absolute atomic E-state index is 12.7. The average Bonchev–Trinajstić information content (AvgIpc) is 3.25. The molecule has 2 heterocycles. The Kier molecular flexibility index (Phi) is 5.42. The third-order valence-electron chi connectivity index (χ3n) is 5.10. The van der Waals surface area contributed by atoms with Crippen LogP contribution in [0.2, 0.25) is 5.02 Å². The number of carbonyl (C=O) groups excluding carboxylic acids is 1. The number of nitrogens with one attached hydrogen (secondary N) is 4. The number of para-hydroxylation sites is 1. The average molecular weight is 459 g/mol. The molecule has 3 aromatic carbocycles. The lowest BCUT2D eigenvalue weighted by molar-refractivity contribution is 0.262. The van der Waals surface area contributed by atoms with Gasteiger partial charge in [-0.25, -0.2) is 9.78 Å². The number of aromatic amines is 1. The molecule has 2 amide bonds. The van der Waals surface area contributed by atoms with Crippen LogP contribution >= 0.6 is 11.6 Å². The Bertz CT molecular complexity index is 1450. The van der Waals surface area contributed by atoms with E-state index in [1.807, 2.05) is 36.4 Å². The predicted molar refractivity (Wildman–Crippen MR) is 132 cm³/mol. The van der Waals surface area contributed by atoms with Crippen LogP contribution in [0.5, 0.6) is 5.75 Å². The summed E-state index contributed by atoms with van der Waals surface area (Å²) < 4.78 is 5.15. The molecule has 0 spiro atoms. The lowest BCUT2D eigenvalue weighted by Gasteiger charge is -2.11. The van der Waals surface area contributed by atoms with Crippen molar-refractivity contribution in [2.24, 2.45) is 0 Å². The second kappa shape index (κ2) is 8.68. The molecule has 4 N–H and O–H groups in total. The van der Waals surface area contributed by atoms with Crippen molar-refractivity contribution in [2.45, 2.75) is 0 Å². The molecule has 164 valence electrons. The number of carbonyl (C=O) groups is 1. The molecule has 0 fully saturated rings. The van der Waals surface area contributed by atoms with E-state index in [1.54, 1.807) is 43.5 Å². The SMILES string of the molecule is COc1ccc(NC(=O)Nc2n[nH]c3c2c(Nc2ccc(Cl)cc2)nc2ccccc23)cc1. The third-order valence-corrected chi connectivity index (χ3v) is 5.35. The van der Waals surface area contributed by atoms with Gasteiger partial charge in [0.05, 0.1) is 23.5 Å².